The normalized spacial score (nSPS) is 18.6. The number of nitrogens with zero attached hydrogens (tertiary/aromatic N) is 2. The van der Waals surface area contributed by atoms with E-state index in [1.165, 1.54) is 16.7 Å². The average Bonchev–Trinajstić information content (AvgIpc) is 3.57. The Labute approximate surface area is 197 Å². The second kappa shape index (κ2) is 8.59. The number of aryl methyl sites for hydroxylation is 1. The van der Waals surface area contributed by atoms with Crippen molar-refractivity contribution >= 4 is 0 Å². The molecule has 0 saturated carbocycles. The third kappa shape index (κ3) is 3.93. The van der Waals surface area contributed by atoms with Crippen molar-refractivity contribution in [1.82, 2.24) is 15.5 Å². The Kier molecular flexibility index (Phi) is 5.28. The van der Waals surface area contributed by atoms with Gasteiger partial charge in [-0.15, -0.1) is 10.2 Å². The SMILES string of the molecule is OC[C@]1(NCc2ccccc2)CCc2ccc(-c3nnc(-c4ccc5c(c4)OCO5)o3)cc2C1. The van der Waals surface area contributed by atoms with Crippen LogP contribution in [-0.4, -0.2) is 34.2 Å². The first kappa shape index (κ1) is 20.9. The first-order chi connectivity index (χ1) is 16.7. The molecule has 0 spiro atoms. The van der Waals surface area contributed by atoms with Crippen molar-refractivity contribution in [2.24, 2.45) is 0 Å². The van der Waals surface area contributed by atoms with Gasteiger partial charge in [0.1, 0.15) is 0 Å². The zero-order chi connectivity index (χ0) is 23.0. The molecular weight excluding hydrogens is 430 g/mol. The molecule has 1 aliphatic carbocycles. The van der Waals surface area contributed by atoms with E-state index in [1.807, 2.05) is 42.5 Å². The Hall–Kier alpha value is -3.68. The van der Waals surface area contributed by atoms with Crippen LogP contribution >= 0.6 is 0 Å². The summed E-state index contributed by atoms with van der Waals surface area (Å²) in [7, 11) is 0. The summed E-state index contributed by atoms with van der Waals surface area (Å²) in [5.74, 6) is 2.29. The van der Waals surface area contributed by atoms with E-state index in [-0.39, 0.29) is 18.9 Å². The van der Waals surface area contributed by atoms with E-state index in [2.05, 4.69) is 39.8 Å². The highest BCUT2D eigenvalue weighted by molar-refractivity contribution is 5.63. The summed E-state index contributed by atoms with van der Waals surface area (Å²) in [4.78, 5) is 0. The Morgan fingerprint density at radius 2 is 1.62 bits per heavy atom. The van der Waals surface area contributed by atoms with Gasteiger partial charge >= 0.3 is 0 Å². The maximum atomic E-state index is 10.3. The fraction of sp³-hybridized carbons (Fsp3) is 0.259. The smallest absolute Gasteiger partial charge is 0.248 e. The van der Waals surface area contributed by atoms with Gasteiger partial charge in [0.2, 0.25) is 18.6 Å². The van der Waals surface area contributed by atoms with Gasteiger partial charge < -0.3 is 24.3 Å². The highest BCUT2D eigenvalue weighted by atomic mass is 16.7. The molecule has 6 rings (SSSR count). The van der Waals surface area contributed by atoms with E-state index in [0.29, 0.717) is 23.3 Å². The fourth-order valence-corrected chi connectivity index (χ4v) is 4.71. The second-order valence-corrected chi connectivity index (χ2v) is 8.92. The molecule has 0 fully saturated rings. The third-order valence-electron chi connectivity index (χ3n) is 6.71. The minimum Gasteiger partial charge on any atom is -0.454 e. The van der Waals surface area contributed by atoms with Crippen molar-refractivity contribution in [3.63, 3.8) is 0 Å². The molecule has 1 aromatic heterocycles. The largest absolute Gasteiger partial charge is 0.454 e. The molecule has 2 aliphatic rings. The molecule has 3 aromatic carbocycles. The van der Waals surface area contributed by atoms with Crippen LogP contribution in [0.2, 0.25) is 0 Å². The van der Waals surface area contributed by atoms with Crippen molar-refractivity contribution in [3.05, 3.63) is 83.4 Å². The van der Waals surface area contributed by atoms with E-state index in [9.17, 15) is 5.11 Å². The Bertz CT molecular complexity index is 1320. The molecule has 0 unspecified atom stereocenters. The van der Waals surface area contributed by atoms with Gasteiger partial charge in [-0.2, -0.15) is 0 Å². The summed E-state index contributed by atoms with van der Waals surface area (Å²) in [6, 6.07) is 22.1. The van der Waals surface area contributed by atoms with Gasteiger partial charge in [0.15, 0.2) is 11.5 Å². The molecule has 0 saturated heterocycles. The molecular formula is C27H25N3O4. The molecule has 2 N–H and O–H groups in total. The first-order valence-electron chi connectivity index (χ1n) is 11.5. The van der Waals surface area contributed by atoms with Crippen molar-refractivity contribution in [2.45, 2.75) is 31.3 Å². The van der Waals surface area contributed by atoms with Gasteiger partial charge in [-0.05, 0) is 66.3 Å². The molecule has 7 nitrogen and oxygen atoms in total. The molecule has 0 radical (unpaired) electrons. The van der Waals surface area contributed by atoms with Crippen molar-refractivity contribution < 1.29 is 19.0 Å². The summed E-state index contributed by atoms with van der Waals surface area (Å²) >= 11 is 0. The average molecular weight is 456 g/mol. The van der Waals surface area contributed by atoms with Crippen LogP contribution in [0.1, 0.15) is 23.1 Å². The van der Waals surface area contributed by atoms with Gasteiger partial charge in [0.25, 0.3) is 0 Å². The highest BCUT2D eigenvalue weighted by Crippen LogP contribution is 2.37. The fourth-order valence-electron chi connectivity index (χ4n) is 4.71. The molecule has 2 heterocycles. The Morgan fingerprint density at radius 1 is 0.853 bits per heavy atom. The lowest BCUT2D eigenvalue weighted by Crippen LogP contribution is -2.52. The van der Waals surface area contributed by atoms with Crippen molar-refractivity contribution in [2.75, 3.05) is 13.4 Å². The van der Waals surface area contributed by atoms with Gasteiger partial charge in [-0.25, -0.2) is 0 Å². The lowest BCUT2D eigenvalue weighted by molar-refractivity contribution is 0.143. The van der Waals surface area contributed by atoms with Gasteiger partial charge in [0.05, 0.1) is 6.61 Å². The van der Waals surface area contributed by atoms with Crippen LogP contribution in [0.3, 0.4) is 0 Å². The van der Waals surface area contributed by atoms with Crippen LogP contribution in [0.15, 0.2) is 71.1 Å². The zero-order valence-electron chi connectivity index (χ0n) is 18.7. The number of fused-ring (bicyclic) bond motifs is 2. The van der Waals surface area contributed by atoms with Crippen LogP contribution in [0.5, 0.6) is 11.5 Å². The van der Waals surface area contributed by atoms with Crippen molar-refractivity contribution in [1.29, 1.82) is 0 Å². The third-order valence-corrected chi connectivity index (χ3v) is 6.71. The predicted molar refractivity (Wildman–Crippen MR) is 126 cm³/mol. The van der Waals surface area contributed by atoms with E-state index in [4.69, 9.17) is 13.9 Å². The molecule has 1 aliphatic heterocycles. The number of rotatable bonds is 6. The van der Waals surface area contributed by atoms with Crippen LogP contribution < -0.4 is 14.8 Å². The van der Waals surface area contributed by atoms with Crippen LogP contribution in [0.25, 0.3) is 22.9 Å². The lowest BCUT2D eigenvalue weighted by atomic mass is 9.77. The number of aliphatic hydroxyl groups is 1. The van der Waals surface area contributed by atoms with Gasteiger partial charge in [0, 0.05) is 23.2 Å². The van der Waals surface area contributed by atoms with Crippen LogP contribution in [-0.2, 0) is 19.4 Å². The number of ether oxygens (including phenoxy) is 2. The molecule has 1 atom stereocenters. The molecule has 0 bridgehead atoms. The molecule has 7 heteroatoms. The standard InChI is InChI=1S/C27H25N3O4/c31-16-27(28-15-18-4-2-1-3-5-18)11-10-19-6-7-20(12-22(19)14-27)25-29-30-26(34-25)21-8-9-23-24(13-21)33-17-32-23/h1-9,12-13,28,31H,10-11,14-17H2/t27-/m0/s1. The van der Waals surface area contributed by atoms with E-state index >= 15 is 0 Å². The monoisotopic (exact) mass is 455 g/mol. The summed E-state index contributed by atoms with van der Waals surface area (Å²) in [5, 5.41) is 22.5. The van der Waals surface area contributed by atoms with E-state index in [1.54, 1.807) is 0 Å². The van der Waals surface area contributed by atoms with Crippen LogP contribution in [0, 0.1) is 0 Å². The summed E-state index contributed by atoms with van der Waals surface area (Å²) in [5.41, 5.74) is 5.00. The first-order valence-corrected chi connectivity index (χ1v) is 11.5. The Morgan fingerprint density at radius 3 is 2.44 bits per heavy atom. The predicted octanol–water partition coefficient (Wildman–Crippen LogP) is 4.14. The van der Waals surface area contributed by atoms with Gasteiger partial charge in [-0.1, -0.05) is 36.4 Å². The summed E-state index contributed by atoms with van der Waals surface area (Å²) in [6.45, 7) is 1.02. The number of aliphatic hydroxyl groups excluding tert-OH is 1. The number of aromatic nitrogens is 2. The second-order valence-electron chi connectivity index (χ2n) is 8.92. The summed E-state index contributed by atoms with van der Waals surface area (Å²) < 4.78 is 16.8. The number of nitrogens with one attached hydrogen (secondary N) is 1. The van der Waals surface area contributed by atoms with Gasteiger partial charge in [-0.3, -0.25) is 0 Å². The molecule has 4 aromatic rings. The quantitative estimate of drug-likeness (QED) is 0.452. The molecule has 0 amide bonds. The maximum Gasteiger partial charge on any atom is 0.248 e. The summed E-state index contributed by atoms with van der Waals surface area (Å²) in [6.07, 6.45) is 2.53. The topological polar surface area (TPSA) is 89.6 Å². The van der Waals surface area contributed by atoms with E-state index in [0.717, 1.165) is 36.9 Å². The minimum atomic E-state index is -0.353. The number of hydrogen-bond donors (Lipinski definition) is 2. The number of benzene rings is 3. The molecule has 172 valence electrons. The molecule has 34 heavy (non-hydrogen) atoms. The van der Waals surface area contributed by atoms with Crippen LogP contribution in [0.4, 0.5) is 0 Å². The maximum absolute atomic E-state index is 10.3. The zero-order valence-corrected chi connectivity index (χ0v) is 18.7. The minimum absolute atomic E-state index is 0.0817. The highest BCUT2D eigenvalue weighted by Gasteiger charge is 2.33. The lowest BCUT2D eigenvalue weighted by Gasteiger charge is -2.38. The van der Waals surface area contributed by atoms with Crippen molar-refractivity contribution in [3.8, 4) is 34.4 Å². The Balaban J connectivity index is 1.23. The number of hydrogen-bond acceptors (Lipinski definition) is 7. The van der Waals surface area contributed by atoms with E-state index < -0.39 is 0 Å².